The Labute approximate surface area is 167 Å². The van der Waals surface area contributed by atoms with Gasteiger partial charge in [-0.1, -0.05) is 37.5 Å². The van der Waals surface area contributed by atoms with Gasteiger partial charge in [0.15, 0.2) is 0 Å². The highest BCUT2D eigenvalue weighted by Gasteiger charge is 2.44. The quantitative estimate of drug-likeness (QED) is 0.588. The number of aromatic nitrogens is 2. The maximum absolute atomic E-state index is 12.5. The van der Waals surface area contributed by atoms with Gasteiger partial charge in [-0.15, -0.1) is 11.3 Å². The number of nitrogens with one attached hydrogen (secondary N) is 3. The second kappa shape index (κ2) is 6.91. The summed E-state index contributed by atoms with van der Waals surface area (Å²) in [7, 11) is 0. The normalized spacial score (nSPS) is 17.2. The molecule has 0 unspecified atom stereocenters. The minimum atomic E-state index is -0.160. The monoisotopic (exact) mass is 391 g/mol. The van der Waals surface area contributed by atoms with E-state index in [1.165, 1.54) is 36.9 Å². The van der Waals surface area contributed by atoms with Gasteiger partial charge in [-0.3, -0.25) is 4.79 Å². The van der Waals surface area contributed by atoms with Gasteiger partial charge in [-0.25, -0.2) is 9.97 Å². The van der Waals surface area contributed by atoms with Crippen LogP contribution in [0.15, 0.2) is 48.8 Å². The molecule has 6 nitrogen and oxygen atoms in total. The average Bonchev–Trinajstić information content (AvgIpc) is 3.23. The van der Waals surface area contributed by atoms with Crippen LogP contribution < -0.4 is 16.0 Å². The lowest BCUT2D eigenvalue weighted by molar-refractivity contribution is 0.0912. The van der Waals surface area contributed by atoms with Crippen LogP contribution in [0.25, 0.3) is 0 Å². The standard InChI is InChI=1S/C21H21N5OS/c27-20-19-15(21(26-20)9-5-2-6-10-21)11-18(28-19)25-17-12-16(22-13-23-17)24-14-7-3-1-4-8-14/h1,3-4,7-8,11-13H,2,5-6,9-10H2,(H,26,27)(H2,22,23,24,25). The predicted octanol–water partition coefficient (Wildman–Crippen LogP) is 4.93. The van der Waals surface area contributed by atoms with Crippen LogP contribution in [0.1, 0.15) is 47.3 Å². The summed E-state index contributed by atoms with van der Waals surface area (Å²) in [5.74, 6) is 1.48. The van der Waals surface area contributed by atoms with Crippen molar-refractivity contribution in [1.29, 1.82) is 0 Å². The zero-order chi connectivity index (χ0) is 19.0. The molecule has 3 aromatic rings. The van der Waals surface area contributed by atoms with E-state index in [4.69, 9.17) is 0 Å². The smallest absolute Gasteiger partial charge is 0.262 e. The highest BCUT2D eigenvalue weighted by molar-refractivity contribution is 7.18. The van der Waals surface area contributed by atoms with Crippen molar-refractivity contribution in [1.82, 2.24) is 15.3 Å². The molecule has 142 valence electrons. The molecular weight excluding hydrogens is 370 g/mol. The van der Waals surface area contributed by atoms with Crippen LogP contribution in [0, 0.1) is 0 Å². The van der Waals surface area contributed by atoms with Crippen molar-refractivity contribution in [2.24, 2.45) is 0 Å². The SMILES string of the molecule is O=C1NC2(CCCCC2)c2cc(Nc3cc(Nc4ccccc4)ncn3)sc21. The summed E-state index contributed by atoms with van der Waals surface area (Å²) < 4.78 is 0. The van der Waals surface area contributed by atoms with Crippen LogP contribution in [0.4, 0.5) is 22.3 Å². The number of carbonyl (C=O) groups excluding carboxylic acids is 1. The Hall–Kier alpha value is -2.93. The third kappa shape index (κ3) is 3.11. The van der Waals surface area contributed by atoms with Gasteiger partial charge in [-0.05, 0) is 31.0 Å². The number of carbonyl (C=O) groups is 1. The van der Waals surface area contributed by atoms with E-state index in [0.717, 1.165) is 34.0 Å². The van der Waals surface area contributed by atoms with Crippen LogP contribution >= 0.6 is 11.3 Å². The highest BCUT2D eigenvalue weighted by Crippen LogP contribution is 2.47. The number of benzene rings is 1. The van der Waals surface area contributed by atoms with Gasteiger partial charge in [-0.2, -0.15) is 0 Å². The summed E-state index contributed by atoms with van der Waals surface area (Å²) in [6.45, 7) is 0. The number of anilines is 4. The second-order valence-electron chi connectivity index (χ2n) is 7.35. The molecule has 3 N–H and O–H groups in total. The molecule has 0 bridgehead atoms. The fourth-order valence-corrected chi connectivity index (χ4v) is 5.22. The van der Waals surface area contributed by atoms with Crippen LogP contribution in [0.2, 0.25) is 0 Å². The van der Waals surface area contributed by atoms with E-state index in [2.05, 4.69) is 32.0 Å². The minimum Gasteiger partial charge on any atom is -0.342 e. The lowest BCUT2D eigenvalue weighted by Gasteiger charge is -2.33. The summed E-state index contributed by atoms with van der Waals surface area (Å²) >= 11 is 1.50. The predicted molar refractivity (Wildman–Crippen MR) is 112 cm³/mol. The summed E-state index contributed by atoms with van der Waals surface area (Å²) in [5.41, 5.74) is 1.96. The van der Waals surface area contributed by atoms with E-state index in [-0.39, 0.29) is 11.4 Å². The Kier molecular flexibility index (Phi) is 4.24. The number of rotatable bonds is 4. The Morgan fingerprint density at radius 3 is 2.50 bits per heavy atom. The summed E-state index contributed by atoms with van der Waals surface area (Å²) in [4.78, 5) is 21.9. The lowest BCUT2D eigenvalue weighted by atomic mass is 9.78. The van der Waals surface area contributed by atoms with Crippen molar-refractivity contribution in [3.63, 3.8) is 0 Å². The van der Waals surface area contributed by atoms with E-state index < -0.39 is 0 Å². The lowest BCUT2D eigenvalue weighted by Crippen LogP contribution is -2.40. The molecule has 1 fully saturated rings. The van der Waals surface area contributed by atoms with Crippen LogP contribution in [0.3, 0.4) is 0 Å². The first kappa shape index (κ1) is 17.2. The molecule has 1 amide bonds. The van der Waals surface area contributed by atoms with E-state index in [1.807, 2.05) is 36.4 Å². The number of hydrogen-bond acceptors (Lipinski definition) is 6. The third-order valence-electron chi connectivity index (χ3n) is 5.48. The van der Waals surface area contributed by atoms with Gasteiger partial charge in [0.2, 0.25) is 0 Å². The van der Waals surface area contributed by atoms with Gasteiger partial charge in [0, 0.05) is 17.3 Å². The first-order chi connectivity index (χ1) is 13.7. The maximum Gasteiger partial charge on any atom is 0.262 e. The molecule has 3 heterocycles. The molecule has 5 rings (SSSR count). The van der Waals surface area contributed by atoms with Crippen molar-refractivity contribution in [3.8, 4) is 0 Å². The number of thiophene rings is 1. The van der Waals surface area contributed by atoms with Gasteiger partial charge in [0.05, 0.1) is 15.4 Å². The molecule has 1 aliphatic heterocycles. The first-order valence-electron chi connectivity index (χ1n) is 9.60. The zero-order valence-electron chi connectivity index (χ0n) is 15.4. The van der Waals surface area contributed by atoms with Crippen molar-refractivity contribution in [2.45, 2.75) is 37.6 Å². The Bertz CT molecular complexity index is 1010. The van der Waals surface area contributed by atoms with Crippen LogP contribution in [-0.2, 0) is 5.54 Å². The molecular formula is C21H21N5OS. The molecule has 0 radical (unpaired) electrons. The van der Waals surface area contributed by atoms with Gasteiger partial charge >= 0.3 is 0 Å². The third-order valence-corrected chi connectivity index (χ3v) is 6.53. The minimum absolute atomic E-state index is 0.0593. The number of fused-ring (bicyclic) bond motifs is 2. The molecule has 1 aliphatic carbocycles. The largest absolute Gasteiger partial charge is 0.342 e. The van der Waals surface area contributed by atoms with Crippen LogP contribution in [0.5, 0.6) is 0 Å². The average molecular weight is 392 g/mol. The molecule has 2 aliphatic rings. The van der Waals surface area contributed by atoms with Gasteiger partial charge < -0.3 is 16.0 Å². The fourth-order valence-electron chi connectivity index (χ4n) is 4.16. The summed E-state index contributed by atoms with van der Waals surface area (Å²) in [6.07, 6.45) is 7.17. The molecule has 1 spiro atoms. The molecule has 7 heteroatoms. The summed E-state index contributed by atoms with van der Waals surface area (Å²) in [6, 6.07) is 13.9. The Morgan fingerprint density at radius 2 is 1.71 bits per heavy atom. The Morgan fingerprint density at radius 1 is 0.964 bits per heavy atom. The molecule has 0 atom stereocenters. The second-order valence-corrected chi connectivity index (χ2v) is 8.41. The molecule has 1 aromatic carbocycles. The van der Waals surface area contributed by atoms with E-state index in [0.29, 0.717) is 11.6 Å². The number of amides is 1. The highest BCUT2D eigenvalue weighted by atomic mass is 32.1. The van der Waals surface area contributed by atoms with Crippen LogP contribution in [-0.4, -0.2) is 15.9 Å². The van der Waals surface area contributed by atoms with E-state index in [1.54, 1.807) is 0 Å². The number of nitrogens with zero attached hydrogens (tertiary/aromatic N) is 2. The molecule has 1 saturated carbocycles. The van der Waals surface area contributed by atoms with Gasteiger partial charge in [0.1, 0.15) is 18.0 Å². The van der Waals surface area contributed by atoms with E-state index in [9.17, 15) is 4.79 Å². The molecule has 28 heavy (non-hydrogen) atoms. The maximum atomic E-state index is 12.5. The first-order valence-corrected chi connectivity index (χ1v) is 10.4. The zero-order valence-corrected chi connectivity index (χ0v) is 16.2. The van der Waals surface area contributed by atoms with Gasteiger partial charge in [0.25, 0.3) is 5.91 Å². The fraction of sp³-hybridized carbons (Fsp3) is 0.286. The van der Waals surface area contributed by atoms with Crippen molar-refractivity contribution in [3.05, 3.63) is 59.2 Å². The van der Waals surface area contributed by atoms with E-state index >= 15 is 0 Å². The molecule has 0 saturated heterocycles. The number of hydrogen-bond donors (Lipinski definition) is 3. The van der Waals surface area contributed by atoms with Crippen molar-refractivity contribution < 1.29 is 4.79 Å². The molecule has 2 aromatic heterocycles. The summed E-state index contributed by atoms with van der Waals surface area (Å²) in [5, 5.41) is 10.8. The Balaban J connectivity index is 1.38. The number of para-hydroxylation sites is 1. The topological polar surface area (TPSA) is 78.9 Å². The van der Waals surface area contributed by atoms with Crippen molar-refractivity contribution >= 4 is 39.6 Å². The van der Waals surface area contributed by atoms with Crippen molar-refractivity contribution in [2.75, 3.05) is 10.6 Å².